The third-order valence-corrected chi connectivity index (χ3v) is 9.29. The average molecular weight is 509 g/mol. The Hall–Kier alpha value is -2.37. The maximum absolute atomic E-state index is 13.7. The lowest BCUT2D eigenvalue weighted by atomic mass is 9.84. The van der Waals surface area contributed by atoms with E-state index in [2.05, 4.69) is 10.3 Å². The van der Waals surface area contributed by atoms with Crippen molar-refractivity contribution in [1.82, 2.24) is 14.2 Å². The van der Waals surface area contributed by atoms with Gasteiger partial charge in [-0.3, -0.25) is 9.59 Å². The van der Waals surface area contributed by atoms with E-state index in [1.54, 1.807) is 18.5 Å². The van der Waals surface area contributed by atoms with Gasteiger partial charge in [0.1, 0.15) is 11.9 Å². The van der Waals surface area contributed by atoms with E-state index in [9.17, 15) is 22.4 Å². The molecule has 1 N–H and O–H groups in total. The Balaban J connectivity index is 1.52. The molecule has 2 amide bonds. The molecule has 4 rings (SSSR count). The number of amides is 2. The van der Waals surface area contributed by atoms with Crippen molar-refractivity contribution in [2.24, 2.45) is 5.92 Å². The summed E-state index contributed by atoms with van der Waals surface area (Å²) in [7, 11) is -4.05. The Kier molecular flexibility index (Phi) is 7.63. The highest BCUT2D eigenvalue weighted by atomic mass is 32.2. The van der Waals surface area contributed by atoms with E-state index < -0.39 is 27.8 Å². The topological polar surface area (TPSA) is 99.7 Å². The van der Waals surface area contributed by atoms with Crippen LogP contribution in [0.2, 0.25) is 0 Å². The summed E-state index contributed by atoms with van der Waals surface area (Å²) in [6.07, 6.45) is 7.57. The van der Waals surface area contributed by atoms with E-state index in [0.29, 0.717) is 23.0 Å². The van der Waals surface area contributed by atoms with Crippen LogP contribution in [0.3, 0.4) is 0 Å². The van der Waals surface area contributed by atoms with Crippen LogP contribution in [-0.4, -0.2) is 60.1 Å². The Morgan fingerprint density at radius 3 is 2.71 bits per heavy atom. The molecule has 1 aromatic carbocycles. The number of carbonyl (C=O) groups is 2. The fourth-order valence-electron chi connectivity index (χ4n) is 4.78. The molecule has 2 heterocycles. The second-order valence-electron chi connectivity index (χ2n) is 8.92. The van der Waals surface area contributed by atoms with Crippen LogP contribution in [-0.2, 0) is 19.6 Å². The first-order valence-electron chi connectivity index (χ1n) is 11.5. The molecule has 8 nitrogen and oxygen atoms in total. The summed E-state index contributed by atoms with van der Waals surface area (Å²) in [5, 5.41) is 5.04. The zero-order valence-electron chi connectivity index (χ0n) is 19.1. The number of nitrogens with zero attached hydrogens (tertiary/aromatic N) is 3. The Morgan fingerprint density at radius 1 is 1.26 bits per heavy atom. The quantitative estimate of drug-likeness (QED) is 0.618. The van der Waals surface area contributed by atoms with Gasteiger partial charge in [0.15, 0.2) is 5.13 Å². The van der Waals surface area contributed by atoms with Crippen LogP contribution in [0.25, 0.3) is 0 Å². The molecular formula is C23H29FN4O4S2. The minimum absolute atomic E-state index is 0.0374. The van der Waals surface area contributed by atoms with Gasteiger partial charge in [0.05, 0.1) is 11.4 Å². The standard InChI is InChI=1S/C23H29FN4O4S2/c1-16-7-8-18(24)14-20(16)34(31,32)27-10-11-28(21(29)15-27)19(13-17-5-3-2-4-6-17)22(30)26-23-25-9-12-33-23/h7-9,12,14,17,19H,2-6,10-11,13,15H2,1H3,(H,25,26,30)/t19-/m0/s1. The molecule has 1 aliphatic carbocycles. The van der Waals surface area contributed by atoms with Gasteiger partial charge in [-0.15, -0.1) is 11.3 Å². The molecule has 1 atom stereocenters. The second kappa shape index (κ2) is 10.5. The number of piperazine rings is 1. The first-order valence-corrected chi connectivity index (χ1v) is 13.8. The number of benzene rings is 1. The summed E-state index contributed by atoms with van der Waals surface area (Å²) in [5.41, 5.74) is 0.411. The SMILES string of the molecule is Cc1ccc(F)cc1S(=O)(=O)N1CCN([C@@H](CC2CCCCC2)C(=O)Nc2nccs2)C(=O)C1. The monoisotopic (exact) mass is 508 g/mol. The van der Waals surface area contributed by atoms with E-state index in [4.69, 9.17) is 0 Å². The first-order chi connectivity index (χ1) is 16.3. The lowest BCUT2D eigenvalue weighted by molar-refractivity contribution is -0.142. The van der Waals surface area contributed by atoms with Gasteiger partial charge in [-0.05, 0) is 37.0 Å². The molecule has 184 valence electrons. The molecule has 1 saturated heterocycles. The highest BCUT2D eigenvalue weighted by molar-refractivity contribution is 7.89. The third-order valence-electron chi connectivity index (χ3n) is 6.61. The lowest BCUT2D eigenvalue weighted by Gasteiger charge is -2.39. The molecule has 0 bridgehead atoms. The van der Waals surface area contributed by atoms with Gasteiger partial charge in [-0.25, -0.2) is 17.8 Å². The number of aryl methyl sites for hydroxylation is 1. The summed E-state index contributed by atoms with van der Waals surface area (Å²) in [5.74, 6) is -1.05. The predicted molar refractivity (Wildman–Crippen MR) is 127 cm³/mol. The number of carbonyl (C=O) groups excluding carboxylic acids is 2. The molecule has 1 aliphatic heterocycles. The van der Waals surface area contributed by atoms with Crippen molar-refractivity contribution in [3.8, 4) is 0 Å². The van der Waals surface area contributed by atoms with Crippen molar-refractivity contribution < 1.29 is 22.4 Å². The highest BCUT2D eigenvalue weighted by Crippen LogP contribution is 2.30. The van der Waals surface area contributed by atoms with Gasteiger partial charge in [-0.2, -0.15) is 4.31 Å². The van der Waals surface area contributed by atoms with E-state index in [1.165, 1.54) is 34.8 Å². The summed E-state index contributed by atoms with van der Waals surface area (Å²) in [4.78, 5) is 31.8. The lowest BCUT2D eigenvalue weighted by Crippen LogP contribution is -2.58. The van der Waals surface area contributed by atoms with Gasteiger partial charge < -0.3 is 10.2 Å². The summed E-state index contributed by atoms with van der Waals surface area (Å²) in [6.45, 7) is 1.34. The number of aromatic nitrogens is 1. The van der Waals surface area contributed by atoms with Crippen molar-refractivity contribution in [1.29, 1.82) is 0 Å². The van der Waals surface area contributed by atoms with Crippen molar-refractivity contribution >= 4 is 38.3 Å². The molecule has 0 spiro atoms. The van der Waals surface area contributed by atoms with E-state index >= 15 is 0 Å². The summed E-state index contributed by atoms with van der Waals surface area (Å²) < 4.78 is 41.1. The molecule has 1 aromatic heterocycles. The zero-order chi connectivity index (χ0) is 24.3. The number of anilines is 1. The third kappa shape index (κ3) is 5.47. The Labute approximate surface area is 203 Å². The van der Waals surface area contributed by atoms with Crippen LogP contribution in [0, 0.1) is 18.7 Å². The predicted octanol–water partition coefficient (Wildman–Crippen LogP) is 3.40. The van der Waals surface area contributed by atoms with Crippen molar-refractivity contribution in [3.63, 3.8) is 0 Å². The van der Waals surface area contributed by atoms with Crippen LogP contribution in [0.4, 0.5) is 9.52 Å². The number of rotatable bonds is 7. The van der Waals surface area contributed by atoms with Crippen LogP contribution in [0.15, 0.2) is 34.7 Å². The van der Waals surface area contributed by atoms with Gasteiger partial charge in [0.2, 0.25) is 21.8 Å². The van der Waals surface area contributed by atoms with Gasteiger partial charge in [-0.1, -0.05) is 38.2 Å². The zero-order valence-corrected chi connectivity index (χ0v) is 20.7. The molecule has 2 aromatic rings. The number of halogens is 1. The summed E-state index contributed by atoms with van der Waals surface area (Å²) in [6, 6.07) is 2.90. The van der Waals surface area contributed by atoms with Crippen molar-refractivity contribution in [2.75, 3.05) is 25.0 Å². The number of hydrogen-bond acceptors (Lipinski definition) is 6. The maximum atomic E-state index is 13.7. The molecule has 0 radical (unpaired) electrons. The smallest absolute Gasteiger partial charge is 0.248 e. The normalized spacial score (nSPS) is 19.2. The molecule has 0 unspecified atom stereocenters. The summed E-state index contributed by atoms with van der Waals surface area (Å²) >= 11 is 1.30. The first kappa shape index (κ1) is 24.7. The minimum atomic E-state index is -4.05. The van der Waals surface area contributed by atoms with Gasteiger partial charge >= 0.3 is 0 Å². The van der Waals surface area contributed by atoms with Crippen molar-refractivity contribution in [3.05, 3.63) is 41.2 Å². The second-order valence-corrected chi connectivity index (χ2v) is 11.7. The fourth-order valence-corrected chi connectivity index (χ4v) is 6.93. The number of thiazole rings is 1. The number of nitrogens with one attached hydrogen (secondary N) is 1. The highest BCUT2D eigenvalue weighted by Gasteiger charge is 2.39. The van der Waals surface area contributed by atoms with Crippen molar-refractivity contribution in [2.45, 2.75) is 56.4 Å². The molecular weight excluding hydrogens is 479 g/mol. The maximum Gasteiger partial charge on any atom is 0.248 e. The van der Waals surface area contributed by atoms with E-state index in [-0.39, 0.29) is 30.4 Å². The molecule has 2 aliphatic rings. The number of sulfonamides is 1. The molecule has 1 saturated carbocycles. The average Bonchev–Trinajstić information content (AvgIpc) is 3.33. The molecule has 34 heavy (non-hydrogen) atoms. The Morgan fingerprint density at radius 2 is 2.03 bits per heavy atom. The van der Waals surface area contributed by atoms with E-state index in [0.717, 1.165) is 36.1 Å². The van der Waals surface area contributed by atoms with Gasteiger partial charge in [0, 0.05) is 24.7 Å². The van der Waals surface area contributed by atoms with Gasteiger partial charge in [0.25, 0.3) is 0 Å². The van der Waals surface area contributed by atoms with Crippen LogP contribution in [0.1, 0.15) is 44.1 Å². The molecule has 11 heteroatoms. The van der Waals surface area contributed by atoms with Crippen LogP contribution in [0.5, 0.6) is 0 Å². The Bertz CT molecular complexity index is 1130. The van der Waals surface area contributed by atoms with Crippen LogP contribution >= 0.6 is 11.3 Å². The largest absolute Gasteiger partial charge is 0.328 e. The van der Waals surface area contributed by atoms with Crippen LogP contribution < -0.4 is 5.32 Å². The minimum Gasteiger partial charge on any atom is -0.328 e. The number of hydrogen-bond donors (Lipinski definition) is 1. The fraction of sp³-hybridized carbons (Fsp3) is 0.522. The van der Waals surface area contributed by atoms with E-state index in [1.807, 2.05) is 0 Å². The molecule has 2 fully saturated rings.